The summed E-state index contributed by atoms with van der Waals surface area (Å²) < 4.78 is 2.02. The van der Waals surface area contributed by atoms with Gasteiger partial charge in [-0.05, 0) is 23.7 Å². The SMILES string of the molecule is N=C(N)n1sc2ccccc2c1=O. The zero-order valence-corrected chi connectivity index (χ0v) is 7.47. The monoisotopic (exact) mass is 193 g/mol. The summed E-state index contributed by atoms with van der Waals surface area (Å²) in [5.74, 6) is -0.230. The Morgan fingerprint density at radius 1 is 1.46 bits per heavy atom. The molecule has 5 heteroatoms. The Hall–Kier alpha value is -1.62. The van der Waals surface area contributed by atoms with Crippen LogP contribution in [0.15, 0.2) is 29.1 Å². The number of nitrogens with one attached hydrogen (secondary N) is 1. The molecule has 0 aliphatic heterocycles. The molecule has 0 saturated heterocycles. The van der Waals surface area contributed by atoms with E-state index in [0.29, 0.717) is 5.39 Å². The van der Waals surface area contributed by atoms with E-state index < -0.39 is 0 Å². The van der Waals surface area contributed by atoms with Crippen molar-refractivity contribution in [1.82, 2.24) is 3.96 Å². The molecule has 0 aliphatic carbocycles. The van der Waals surface area contributed by atoms with Crippen LogP contribution in [0.25, 0.3) is 10.1 Å². The second-order valence-corrected chi connectivity index (χ2v) is 3.56. The molecule has 3 N–H and O–H groups in total. The zero-order valence-electron chi connectivity index (χ0n) is 6.65. The average molecular weight is 193 g/mol. The third-order valence-corrected chi connectivity index (χ3v) is 2.81. The van der Waals surface area contributed by atoms with Crippen molar-refractivity contribution in [2.75, 3.05) is 0 Å². The van der Waals surface area contributed by atoms with Gasteiger partial charge in [-0.15, -0.1) is 0 Å². The zero-order chi connectivity index (χ0) is 9.42. The second-order valence-electron chi connectivity index (χ2n) is 2.57. The van der Waals surface area contributed by atoms with Crippen LogP contribution in [0.4, 0.5) is 0 Å². The minimum Gasteiger partial charge on any atom is -0.369 e. The van der Waals surface area contributed by atoms with E-state index in [1.54, 1.807) is 12.1 Å². The summed E-state index contributed by atoms with van der Waals surface area (Å²) in [7, 11) is 0. The first-order valence-corrected chi connectivity index (χ1v) is 4.43. The van der Waals surface area contributed by atoms with Gasteiger partial charge in [0.2, 0.25) is 5.96 Å². The number of nitrogen functional groups attached to an aromatic ring is 1. The minimum absolute atomic E-state index is 0.215. The molecular weight excluding hydrogens is 186 g/mol. The molecule has 0 atom stereocenters. The Morgan fingerprint density at radius 2 is 2.15 bits per heavy atom. The molecule has 0 fully saturated rings. The van der Waals surface area contributed by atoms with Crippen molar-refractivity contribution in [1.29, 1.82) is 5.41 Å². The number of aromatic nitrogens is 1. The molecule has 0 radical (unpaired) electrons. The van der Waals surface area contributed by atoms with Gasteiger partial charge >= 0.3 is 0 Å². The van der Waals surface area contributed by atoms with Gasteiger partial charge in [0.25, 0.3) is 5.56 Å². The van der Waals surface area contributed by atoms with Crippen LogP contribution in [0.5, 0.6) is 0 Å². The van der Waals surface area contributed by atoms with E-state index in [9.17, 15) is 4.79 Å². The summed E-state index contributed by atoms with van der Waals surface area (Å²) in [4.78, 5) is 11.5. The lowest BCUT2D eigenvalue weighted by molar-refractivity contribution is 1.16. The predicted molar refractivity (Wildman–Crippen MR) is 53.4 cm³/mol. The van der Waals surface area contributed by atoms with Crippen LogP contribution in [0.1, 0.15) is 0 Å². The van der Waals surface area contributed by atoms with Crippen LogP contribution >= 0.6 is 11.5 Å². The predicted octanol–water partition coefficient (Wildman–Crippen LogP) is 0.805. The van der Waals surface area contributed by atoms with Crippen LogP contribution in [0.3, 0.4) is 0 Å². The van der Waals surface area contributed by atoms with Crippen molar-refractivity contribution in [3.8, 4) is 0 Å². The van der Waals surface area contributed by atoms with Gasteiger partial charge in [0.1, 0.15) is 0 Å². The van der Waals surface area contributed by atoms with Crippen LogP contribution in [0, 0.1) is 5.41 Å². The van der Waals surface area contributed by atoms with Crippen molar-refractivity contribution < 1.29 is 0 Å². The normalized spacial score (nSPS) is 10.5. The molecule has 0 spiro atoms. The lowest BCUT2D eigenvalue weighted by Gasteiger charge is -1.90. The molecule has 4 nitrogen and oxygen atoms in total. The van der Waals surface area contributed by atoms with E-state index in [1.165, 1.54) is 15.5 Å². The molecular formula is C8H7N3OS. The number of nitrogens with two attached hydrogens (primary N) is 1. The molecule has 2 aromatic rings. The molecule has 1 aromatic carbocycles. The number of hydrogen-bond donors (Lipinski definition) is 2. The van der Waals surface area contributed by atoms with Gasteiger partial charge < -0.3 is 5.73 Å². The van der Waals surface area contributed by atoms with Crippen LogP contribution in [-0.4, -0.2) is 9.92 Å². The Bertz CT molecular complexity index is 525. The first kappa shape index (κ1) is 8.00. The lowest BCUT2D eigenvalue weighted by Crippen LogP contribution is -2.27. The fourth-order valence-corrected chi connectivity index (χ4v) is 2.00. The molecule has 0 saturated carbocycles. The number of nitrogens with zero attached hydrogens (tertiary/aromatic N) is 1. The van der Waals surface area contributed by atoms with Gasteiger partial charge in [-0.25, -0.2) is 0 Å². The van der Waals surface area contributed by atoms with E-state index in [-0.39, 0.29) is 11.5 Å². The van der Waals surface area contributed by atoms with Crippen molar-refractivity contribution in [2.24, 2.45) is 5.73 Å². The molecule has 1 heterocycles. The van der Waals surface area contributed by atoms with Gasteiger partial charge in [0.15, 0.2) is 0 Å². The number of benzene rings is 1. The number of hydrogen-bond acceptors (Lipinski definition) is 3. The smallest absolute Gasteiger partial charge is 0.275 e. The topological polar surface area (TPSA) is 71.9 Å². The second kappa shape index (κ2) is 2.70. The summed E-state index contributed by atoms with van der Waals surface area (Å²) >= 11 is 1.19. The van der Waals surface area contributed by atoms with Gasteiger partial charge in [-0.2, -0.15) is 3.96 Å². The molecule has 2 rings (SSSR count). The van der Waals surface area contributed by atoms with Gasteiger partial charge in [-0.1, -0.05) is 12.1 Å². The molecule has 0 unspecified atom stereocenters. The average Bonchev–Trinajstić information content (AvgIpc) is 2.45. The van der Waals surface area contributed by atoms with Crippen molar-refractivity contribution in [3.05, 3.63) is 34.6 Å². The summed E-state index contributed by atoms with van der Waals surface area (Å²) in [5.41, 5.74) is 5.02. The fraction of sp³-hybridized carbons (Fsp3) is 0. The summed E-state index contributed by atoms with van der Waals surface area (Å²) in [5, 5.41) is 7.77. The maximum absolute atomic E-state index is 11.5. The highest BCUT2D eigenvalue weighted by atomic mass is 32.1. The Labute approximate surface area is 77.9 Å². The molecule has 66 valence electrons. The summed E-state index contributed by atoms with van der Waals surface area (Å²) in [6, 6.07) is 7.21. The first-order chi connectivity index (χ1) is 6.20. The molecule has 0 aliphatic rings. The minimum atomic E-state index is -0.230. The Balaban J connectivity index is 2.90. The van der Waals surface area contributed by atoms with E-state index >= 15 is 0 Å². The highest BCUT2D eigenvalue weighted by Crippen LogP contribution is 2.14. The van der Waals surface area contributed by atoms with Crippen LogP contribution < -0.4 is 11.3 Å². The van der Waals surface area contributed by atoms with Gasteiger partial charge in [0.05, 0.1) is 10.1 Å². The van der Waals surface area contributed by atoms with Crippen molar-refractivity contribution >= 4 is 27.6 Å². The molecule has 1 aromatic heterocycles. The van der Waals surface area contributed by atoms with E-state index in [2.05, 4.69) is 0 Å². The molecule has 13 heavy (non-hydrogen) atoms. The Kier molecular flexibility index (Phi) is 1.66. The van der Waals surface area contributed by atoms with Crippen molar-refractivity contribution in [3.63, 3.8) is 0 Å². The fourth-order valence-electron chi connectivity index (χ4n) is 1.13. The molecule has 0 bridgehead atoms. The summed E-state index contributed by atoms with van der Waals surface area (Å²) in [6.07, 6.45) is 0. The Morgan fingerprint density at radius 3 is 2.77 bits per heavy atom. The molecule has 0 amide bonds. The quantitative estimate of drug-likeness (QED) is 0.480. The highest BCUT2D eigenvalue weighted by Gasteiger charge is 2.07. The number of fused-ring (bicyclic) bond motifs is 1. The van der Waals surface area contributed by atoms with E-state index in [1.807, 2.05) is 12.1 Å². The third kappa shape index (κ3) is 1.13. The maximum Gasteiger partial charge on any atom is 0.275 e. The van der Waals surface area contributed by atoms with E-state index in [0.717, 1.165) is 4.70 Å². The maximum atomic E-state index is 11.5. The van der Waals surface area contributed by atoms with E-state index in [4.69, 9.17) is 11.1 Å². The van der Waals surface area contributed by atoms with Gasteiger partial charge in [0, 0.05) is 0 Å². The first-order valence-electron chi connectivity index (χ1n) is 3.65. The third-order valence-electron chi connectivity index (χ3n) is 1.71. The van der Waals surface area contributed by atoms with Crippen molar-refractivity contribution in [2.45, 2.75) is 0 Å². The standard InChI is InChI=1S/C8H7N3OS/c9-8(10)11-7(12)5-3-1-2-4-6(5)13-11/h1-4H,(H3,9,10). The lowest BCUT2D eigenvalue weighted by atomic mass is 10.3. The highest BCUT2D eigenvalue weighted by molar-refractivity contribution is 7.14. The summed E-state index contributed by atoms with van der Waals surface area (Å²) in [6.45, 7) is 0. The van der Waals surface area contributed by atoms with Crippen LogP contribution in [-0.2, 0) is 0 Å². The largest absolute Gasteiger partial charge is 0.369 e. The van der Waals surface area contributed by atoms with Crippen LogP contribution in [0.2, 0.25) is 0 Å². The van der Waals surface area contributed by atoms with Gasteiger partial charge in [-0.3, -0.25) is 10.2 Å². The number of rotatable bonds is 0.